The lowest BCUT2D eigenvalue weighted by Gasteiger charge is -2.17. The summed E-state index contributed by atoms with van der Waals surface area (Å²) >= 11 is 0. The summed E-state index contributed by atoms with van der Waals surface area (Å²) in [6.07, 6.45) is 5.44. The Labute approximate surface area is 191 Å². The van der Waals surface area contributed by atoms with Gasteiger partial charge in [0.25, 0.3) is 11.9 Å². The molecule has 4 rings (SSSR count). The molecule has 4 aromatic rings. The van der Waals surface area contributed by atoms with Crippen LogP contribution >= 0.6 is 0 Å². The van der Waals surface area contributed by atoms with E-state index in [0.29, 0.717) is 53.1 Å². The van der Waals surface area contributed by atoms with Gasteiger partial charge in [-0.25, -0.2) is 14.6 Å². The number of carbonyl (C=O) groups excluding carboxylic acids is 1. The van der Waals surface area contributed by atoms with Crippen LogP contribution in [0.1, 0.15) is 21.6 Å². The molecule has 0 bridgehead atoms. The van der Waals surface area contributed by atoms with Crippen molar-refractivity contribution in [2.45, 2.75) is 13.3 Å². The van der Waals surface area contributed by atoms with E-state index in [1.165, 1.54) is 0 Å². The lowest BCUT2D eigenvalue weighted by Crippen LogP contribution is -2.29. The van der Waals surface area contributed by atoms with E-state index in [-0.39, 0.29) is 5.91 Å². The van der Waals surface area contributed by atoms with E-state index < -0.39 is 0 Å². The summed E-state index contributed by atoms with van der Waals surface area (Å²) < 4.78 is 17.6. The summed E-state index contributed by atoms with van der Waals surface area (Å²) in [6, 6.07) is 11.1. The summed E-state index contributed by atoms with van der Waals surface area (Å²) in [5, 5.41) is 4.36. The molecular weight excluding hydrogens is 422 g/mol. The lowest BCUT2D eigenvalue weighted by molar-refractivity contribution is 0.0796. The molecular formula is C24H25N5O4. The number of likely N-dealkylation sites (N-methyl/N-ethyl adjacent to an activating group) is 1. The molecule has 0 N–H and O–H groups in total. The molecule has 1 aromatic carbocycles. The number of amides is 1. The van der Waals surface area contributed by atoms with Crippen molar-refractivity contribution in [2.24, 2.45) is 0 Å². The first-order valence-corrected chi connectivity index (χ1v) is 10.4. The molecule has 9 heteroatoms. The van der Waals surface area contributed by atoms with Crippen molar-refractivity contribution in [2.75, 3.05) is 27.8 Å². The number of hydrogen-bond acceptors (Lipinski definition) is 7. The molecule has 0 radical (unpaired) electrons. The van der Waals surface area contributed by atoms with Gasteiger partial charge in [-0.1, -0.05) is 6.07 Å². The Morgan fingerprint density at radius 2 is 1.97 bits per heavy atom. The van der Waals surface area contributed by atoms with Crippen LogP contribution in [-0.4, -0.2) is 58.4 Å². The zero-order valence-corrected chi connectivity index (χ0v) is 19.0. The summed E-state index contributed by atoms with van der Waals surface area (Å²) in [6.45, 7) is 2.36. The van der Waals surface area contributed by atoms with E-state index in [4.69, 9.17) is 13.9 Å². The van der Waals surface area contributed by atoms with Gasteiger partial charge in [-0.05, 0) is 49.2 Å². The van der Waals surface area contributed by atoms with Gasteiger partial charge in [0.15, 0.2) is 17.3 Å². The van der Waals surface area contributed by atoms with Gasteiger partial charge in [0.05, 0.1) is 37.9 Å². The average molecular weight is 447 g/mol. The Morgan fingerprint density at radius 3 is 2.70 bits per heavy atom. The Morgan fingerprint density at radius 1 is 1.15 bits per heavy atom. The SMILES string of the molecule is COc1ccc(CCN(C)C(=O)c2cnn(-c3nccc(-c4ccco4)n3)c2C)cc1OC. The third-order valence-electron chi connectivity index (χ3n) is 5.38. The van der Waals surface area contributed by atoms with E-state index in [0.717, 1.165) is 5.56 Å². The van der Waals surface area contributed by atoms with Crippen LogP contribution < -0.4 is 9.47 Å². The van der Waals surface area contributed by atoms with Crippen molar-refractivity contribution in [1.82, 2.24) is 24.6 Å². The molecule has 1 amide bonds. The van der Waals surface area contributed by atoms with Crippen molar-refractivity contribution in [3.63, 3.8) is 0 Å². The molecule has 9 nitrogen and oxygen atoms in total. The molecule has 0 aliphatic rings. The van der Waals surface area contributed by atoms with Crippen LogP contribution in [0.2, 0.25) is 0 Å². The van der Waals surface area contributed by atoms with Crippen LogP contribution in [-0.2, 0) is 6.42 Å². The van der Waals surface area contributed by atoms with Crippen LogP contribution in [0.4, 0.5) is 0 Å². The molecule has 0 spiro atoms. The topological polar surface area (TPSA) is 95.5 Å². The first-order valence-electron chi connectivity index (χ1n) is 10.4. The summed E-state index contributed by atoms with van der Waals surface area (Å²) in [7, 11) is 4.98. The highest BCUT2D eigenvalue weighted by Crippen LogP contribution is 2.28. The molecule has 33 heavy (non-hydrogen) atoms. The average Bonchev–Trinajstić information content (AvgIpc) is 3.52. The monoisotopic (exact) mass is 447 g/mol. The van der Waals surface area contributed by atoms with E-state index >= 15 is 0 Å². The van der Waals surface area contributed by atoms with Crippen molar-refractivity contribution in [3.05, 3.63) is 71.9 Å². The Bertz CT molecular complexity index is 1250. The molecule has 0 aliphatic carbocycles. The van der Waals surface area contributed by atoms with Crippen molar-refractivity contribution in [1.29, 1.82) is 0 Å². The van der Waals surface area contributed by atoms with E-state index in [2.05, 4.69) is 15.1 Å². The zero-order valence-electron chi connectivity index (χ0n) is 19.0. The minimum atomic E-state index is -0.124. The van der Waals surface area contributed by atoms with Crippen LogP contribution in [0.5, 0.6) is 11.5 Å². The zero-order chi connectivity index (χ0) is 23.4. The number of ether oxygens (including phenoxy) is 2. The van der Waals surface area contributed by atoms with Gasteiger partial charge in [-0.15, -0.1) is 0 Å². The van der Waals surface area contributed by atoms with Gasteiger partial charge in [-0.2, -0.15) is 5.10 Å². The fourth-order valence-electron chi connectivity index (χ4n) is 3.47. The number of rotatable bonds is 8. The molecule has 3 aromatic heterocycles. The number of benzene rings is 1. The largest absolute Gasteiger partial charge is 0.493 e. The summed E-state index contributed by atoms with van der Waals surface area (Å²) in [5.41, 5.74) is 2.84. The van der Waals surface area contributed by atoms with Crippen LogP contribution in [0.3, 0.4) is 0 Å². The highest BCUT2D eigenvalue weighted by molar-refractivity contribution is 5.95. The fourth-order valence-corrected chi connectivity index (χ4v) is 3.47. The highest BCUT2D eigenvalue weighted by atomic mass is 16.5. The molecule has 0 atom stereocenters. The van der Waals surface area contributed by atoms with Crippen molar-refractivity contribution < 1.29 is 18.7 Å². The quantitative estimate of drug-likeness (QED) is 0.407. The number of nitrogens with zero attached hydrogens (tertiary/aromatic N) is 5. The molecule has 0 saturated carbocycles. The second kappa shape index (κ2) is 9.56. The van der Waals surface area contributed by atoms with Gasteiger partial charge < -0.3 is 18.8 Å². The molecule has 0 aliphatic heterocycles. The lowest BCUT2D eigenvalue weighted by atomic mass is 10.1. The highest BCUT2D eigenvalue weighted by Gasteiger charge is 2.20. The fraction of sp³-hybridized carbons (Fsp3) is 0.250. The minimum absolute atomic E-state index is 0.124. The first-order chi connectivity index (χ1) is 16.0. The number of carbonyl (C=O) groups is 1. The number of furan rings is 1. The predicted octanol–water partition coefficient (Wildman–Crippen LogP) is 3.56. The maximum atomic E-state index is 13.1. The van der Waals surface area contributed by atoms with Crippen molar-refractivity contribution in [3.8, 4) is 28.9 Å². The third kappa shape index (κ3) is 4.57. The number of methoxy groups -OCH3 is 2. The third-order valence-corrected chi connectivity index (χ3v) is 5.38. The van der Waals surface area contributed by atoms with Crippen molar-refractivity contribution >= 4 is 5.91 Å². The Kier molecular flexibility index (Phi) is 6.39. The number of aromatic nitrogens is 4. The first kappa shape index (κ1) is 22.1. The summed E-state index contributed by atoms with van der Waals surface area (Å²) in [5.74, 6) is 2.22. The maximum absolute atomic E-state index is 13.1. The van der Waals surface area contributed by atoms with Gasteiger partial charge >= 0.3 is 0 Å². The molecule has 170 valence electrons. The number of hydrogen-bond donors (Lipinski definition) is 0. The van der Waals surface area contributed by atoms with Crippen LogP contribution in [0.15, 0.2) is 59.5 Å². The molecule has 3 heterocycles. The standard InChI is InChI=1S/C24H25N5O4/c1-16-18(15-26-29(16)24-25-11-9-19(27-24)20-6-5-13-33-20)23(30)28(2)12-10-17-7-8-21(31-3)22(14-17)32-4/h5-9,11,13-15H,10,12H2,1-4H3. The Balaban J connectivity index is 1.48. The maximum Gasteiger partial charge on any atom is 0.257 e. The van der Waals surface area contributed by atoms with E-state index in [1.54, 1.807) is 61.6 Å². The van der Waals surface area contributed by atoms with Gasteiger partial charge in [0.2, 0.25) is 0 Å². The van der Waals surface area contributed by atoms with Gasteiger partial charge in [-0.3, -0.25) is 4.79 Å². The van der Waals surface area contributed by atoms with E-state index in [1.807, 2.05) is 31.2 Å². The second-order valence-electron chi connectivity index (χ2n) is 7.44. The smallest absolute Gasteiger partial charge is 0.257 e. The van der Waals surface area contributed by atoms with E-state index in [9.17, 15) is 4.79 Å². The van der Waals surface area contributed by atoms with Crippen LogP contribution in [0.25, 0.3) is 17.4 Å². The summed E-state index contributed by atoms with van der Waals surface area (Å²) in [4.78, 5) is 23.6. The van der Waals surface area contributed by atoms with Gasteiger partial charge in [0, 0.05) is 19.8 Å². The Hall–Kier alpha value is -4.14. The normalized spacial score (nSPS) is 10.8. The van der Waals surface area contributed by atoms with Gasteiger partial charge in [0.1, 0.15) is 5.69 Å². The molecule has 0 fully saturated rings. The molecule has 0 unspecified atom stereocenters. The second-order valence-corrected chi connectivity index (χ2v) is 7.44. The minimum Gasteiger partial charge on any atom is -0.493 e. The predicted molar refractivity (Wildman–Crippen MR) is 122 cm³/mol. The van der Waals surface area contributed by atoms with Crippen LogP contribution in [0, 0.1) is 6.92 Å². The molecule has 0 saturated heterocycles.